The minimum absolute atomic E-state index is 0.0344. The summed E-state index contributed by atoms with van der Waals surface area (Å²) in [6.07, 6.45) is 1.07. The predicted octanol–water partition coefficient (Wildman–Crippen LogP) is 4.33. The van der Waals surface area contributed by atoms with Gasteiger partial charge in [-0.3, -0.25) is 4.79 Å². The third-order valence-corrected chi connectivity index (χ3v) is 4.56. The zero-order valence-corrected chi connectivity index (χ0v) is 16.5. The Balaban J connectivity index is 1.46. The Labute approximate surface area is 171 Å². The van der Waals surface area contributed by atoms with Gasteiger partial charge in [-0.05, 0) is 42.2 Å². The second-order valence-corrected chi connectivity index (χ2v) is 7.09. The molecule has 1 atom stereocenters. The molecule has 0 saturated heterocycles. The van der Waals surface area contributed by atoms with Crippen LogP contribution in [-0.2, 0) is 29.0 Å². The normalized spacial score (nSPS) is 11.5. The summed E-state index contributed by atoms with van der Waals surface area (Å²) in [5.41, 5.74) is 3.47. The monoisotopic (exact) mass is 387 g/mol. The molecular weight excluding hydrogens is 362 g/mol. The smallest absolute Gasteiger partial charge is 0.338 e. The number of carbonyl (C=O) groups is 2. The predicted molar refractivity (Wildman–Crippen MR) is 113 cm³/mol. The highest BCUT2D eigenvalue weighted by atomic mass is 16.5. The number of carbonyl (C=O) groups excluding carboxylic acids is 2. The van der Waals surface area contributed by atoms with Crippen LogP contribution in [0, 0.1) is 0 Å². The summed E-state index contributed by atoms with van der Waals surface area (Å²) in [6.45, 7) is 2.24. The number of hydrogen-bond donors (Lipinski definition) is 1. The van der Waals surface area contributed by atoms with Gasteiger partial charge in [-0.2, -0.15) is 0 Å². The standard InChI is InChI=1S/C25H25NO3/c1-19(16-20-8-4-2-5-9-20)26-24(27)17-21-12-14-23(15-13-21)25(28)29-18-22-10-6-3-7-11-22/h2-15,19H,16-18H2,1H3,(H,26,27). The van der Waals surface area contributed by atoms with Gasteiger partial charge in [0.2, 0.25) is 5.91 Å². The van der Waals surface area contributed by atoms with Crippen LogP contribution in [0.3, 0.4) is 0 Å². The fourth-order valence-corrected chi connectivity index (χ4v) is 3.10. The molecule has 0 spiro atoms. The van der Waals surface area contributed by atoms with Crippen LogP contribution in [-0.4, -0.2) is 17.9 Å². The number of ether oxygens (including phenoxy) is 1. The minimum Gasteiger partial charge on any atom is -0.457 e. The molecule has 0 aliphatic carbocycles. The van der Waals surface area contributed by atoms with Crippen LogP contribution in [0.5, 0.6) is 0 Å². The van der Waals surface area contributed by atoms with Crippen molar-refractivity contribution < 1.29 is 14.3 Å². The zero-order chi connectivity index (χ0) is 20.5. The molecule has 0 aliphatic heterocycles. The Bertz CT molecular complexity index is 921. The summed E-state index contributed by atoms with van der Waals surface area (Å²) in [5.74, 6) is -0.408. The summed E-state index contributed by atoms with van der Waals surface area (Å²) in [6, 6.07) is 26.7. The largest absolute Gasteiger partial charge is 0.457 e. The Morgan fingerprint density at radius 2 is 1.38 bits per heavy atom. The maximum atomic E-state index is 12.3. The summed E-state index contributed by atoms with van der Waals surface area (Å²) in [5, 5.41) is 3.02. The van der Waals surface area contributed by atoms with Gasteiger partial charge in [-0.1, -0.05) is 72.8 Å². The average Bonchev–Trinajstić information content (AvgIpc) is 2.74. The lowest BCUT2D eigenvalue weighted by Crippen LogP contribution is -2.35. The highest BCUT2D eigenvalue weighted by Crippen LogP contribution is 2.10. The molecule has 1 unspecified atom stereocenters. The molecule has 29 heavy (non-hydrogen) atoms. The molecule has 1 amide bonds. The molecule has 0 heterocycles. The molecule has 0 fully saturated rings. The molecule has 3 aromatic carbocycles. The second kappa shape index (κ2) is 10.2. The lowest BCUT2D eigenvalue weighted by molar-refractivity contribution is -0.121. The molecule has 0 aliphatic rings. The van der Waals surface area contributed by atoms with Crippen LogP contribution in [0.25, 0.3) is 0 Å². The van der Waals surface area contributed by atoms with Gasteiger partial charge in [-0.25, -0.2) is 4.79 Å². The van der Waals surface area contributed by atoms with Gasteiger partial charge in [0.25, 0.3) is 0 Å². The Kier molecular flexibility index (Phi) is 7.17. The van der Waals surface area contributed by atoms with Crippen molar-refractivity contribution in [2.45, 2.75) is 32.4 Å². The van der Waals surface area contributed by atoms with E-state index in [0.29, 0.717) is 5.56 Å². The fourth-order valence-electron chi connectivity index (χ4n) is 3.10. The highest BCUT2D eigenvalue weighted by Gasteiger charge is 2.11. The van der Waals surface area contributed by atoms with E-state index >= 15 is 0 Å². The summed E-state index contributed by atoms with van der Waals surface area (Å²) < 4.78 is 5.33. The van der Waals surface area contributed by atoms with Crippen LogP contribution in [0.2, 0.25) is 0 Å². The lowest BCUT2D eigenvalue weighted by atomic mass is 10.1. The first-order valence-corrected chi connectivity index (χ1v) is 9.73. The first-order valence-electron chi connectivity index (χ1n) is 9.73. The summed E-state index contributed by atoms with van der Waals surface area (Å²) in [4.78, 5) is 24.5. The molecule has 0 aromatic heterocycles. The SMILES string of the molecule is CC(Cc1ccccc1)NC(=O)Cc1ccc(C(=O)OCc2ccccc2)cc1. The molecule has 3 aromatic rings. The second-order valence-electron chi connectivity index (χ2n) is 7.09. The van der Waals surface area contributed by atoms with Gasteiger partial charge >= 0.3 is 5.97 Å². The first kappa shape index (κ1) is 20.3. The fraction of sp³-hybridized carbons (Fsp3) is 0.200. The molecule has 4 nitrogen and oxygen atoms in total. The van der Waals surface area contributed by atoms with Gasteiger partial charge < -0.3 is 10.1 Å². The quantitative estimate of drug-likeness (QED) is 0.585. The van der Waals surface area contributed by atoms with Gasteiger partial charge in [0.05, 0.1) is 12.0 Å². The van der Waals surface area contributed by atoms with E-state index in [1.54, 1.807) is 24.3 Å². The zero-order valence-electron chi connectivity index (χ0n) is 16.5. The molecule has 3 rings (SSSR count). The highest BCUT2D eigenvalue weighted by molar-refractivity contribution is 5.89. The minimum atomic E-state index is -0.374. The van der Waals surface area contributed by atoms with E-state index in [2.05, 4.69) is 17.4 Å². The number of rotatable bonds is 8. The van der Waals surface area contributed by atoms with E-state index in [-0.39, 0.29) is 30.9 Å². The Hall–Kier alpha value is -3.40. The van der Waals surface area contributed by atoms with Crippen molar-refractivity contribution in [3.63, 3.8) is 0 Å². The van der Waals surface area contributed by atoms with Crippen LogP contribution >= 0.6 is 0 Å². The van der Waals surface area contributed by atoms with Gasteiger partial charge in [0.15, 0.2) is 0 Å². The number of hydrogen-bond acceptors (Lipinski definition) is 3. The maximum absolute atomic E-state index is 12.3. The van der Waals surface area contributed by atoms with E-state index in [0.717, 1.165) is 17.5 Å². The van der Waals surface area contributed by atoms with Crippen LogP contribution in [0.1, 0.15) is 34.0 Å². The molecule has 0 saturated carbocycles. The van der Waals surface area contributed by atoms with E-state index in [9.17, 15) is 9.59 Å². The van der Waals surface area contributed by atoms with E-state index in [1.165, 1.54) is 5.56 Å². The molecule has 0 bridgehead atoms. The molecule has 0 radical (unpaired) electrons. The maximum Gasteiger partial charge on any atom is 0.338 e. The first-order chi connectivity index (χ1) is 14.1. The third kappa shape index (κ3) is 6.61. The van der Waals surface area contributed by atoms with Crippen LogP contribution in [0.4, 0.5) is 0 Å². The van der Waals surface area contributed by atoms with Gasteiger partial charge in [-0.15, -0.1) is 0 Å². The molecular formula is C25H25NO3. The molecule has 1 N–H and O–H groups in total. The molecule has 148 valence electrons. The van der Waals surface area contributed by atoms with Crippen molar-refractivity contribution in [1.82, 2.24) is 5.32 Å². The van der Waals surface area contributed by atoms with Gasteiger partial charge in [0.1, 0.15) is 6.61 Å². The van der Waals surface area contributed by atoms with Crippen molar-refractivity contribution in [3.05, 3.63) is 107 Å². The summed E-state index contributed by atoms with van der Waals surface area (Å²) >= 11 is 0. The third-order valence-electron chi connectivity index (χ3n) is 4.56. The number of esters is 1. The van der Waals surface area contributed by atoms with Crippen LogP contribution < -0.4 is 5.32 Å². The van der Waals surface area contributed by atoms with Crippen molar-refractivity contribution >= 4 is 11.9 Å². The summed E-state index contributed by atoms with van der Waals surface area (Å²) in [7, 11) is 0. The van der Waals surface area contributed by atoms with Crippen molar-refractivity contribution in [1.29, 1.82) is 0 Å². The van der Waals surface area contributed by atoms with Gasteiger partial charge in [0, 0.05) is 6.04 Å². The number of nitrogens with one attached hydrogen (secondary N) is 1. The average molecular weight is 387 g/mol. The molecule has 4 heteroatoms. The van der Waals surface area contributed by atoms with E-state index < -0.39 is 0 Å². The van der Waals surface area contributed by atoms with E-state index in [4.69, 9.17) is 4.74 Å². The topological polar surface area (TPSA) is 55.4 Å². The number of benzene rings is 3. The van der Waals surface area contributed by atoms with Crippen LogP contribution in [0.15, 0.2) is 84.9 Å². The van der Waals surface area contributed by atoms with Crippen molar-refractivity contribution in [2.75, 3.05) is 0 Å². The number of amides is 1. The lowest BCUT2D eigenvalue weighted by Gasteiger charge is -2.14. The Morgan fingerprint density at radius 1 is 0.793 bits per heavy atom. The van der Waals surface area contributed by atoms with Crippen molar-refractivity contribution in [2.24, 2.45) is 0 Å². The Morgan fingerprint density at radius 3 is 2.00 bits per heavy atom. The van der Waals surface area contributed by atoms with Crippen molar-refractivity contribution in [3.8, 4) is 0 Å². The van der Waals surface area contributed by atoms with E-state index in [1.807, 2.05) is 55.5 Å².